The Morgan fingerprint density at radius 3 is 2.34 bits per heavy atom. The highest BCUT2D eigenvalue weighted by Gasteiger charge is 2.30. The number of nitrogens with zero attached hydrogens (tertiary/aromatic N) is 2. The first-order valence-electron chi connectivity index (χ1n) is 11.5. The molecule has 0 bridgehead atoms. The maximum atomic E-state index is 13.3. The van der Waals surface area contributed by atoms with E-state index in [2.05, 4.69) is 4.98 Å². The number of benzene rings is 2. The summed E-state index contributed by atoms with van der Waals surface area (Å²) >= 11 is 0. The second-order valence-corrected chi connectivity index (χ2v) is 8.37. The topological polar surface area (TPSA) is 65.6 Å². The van der Waals surface area contributed by atoms with Gasteiger partial charge in [-0.2, -0.15) is 13.2 Å². The van der Waals surface area contributed by atoms with Gasteiger partial charge in [-0.05, 0) is 42.2 Å². The first-order valence-corrected chi connectivity index (χ1v) is 11.5. The molecule has 0 unspecified atom stereocenters. The van der Waals surface area contributed by atoms with E-state index < -0.39 is 11.7 Å². The number of nitrogens with one attached hydrogen (secondary N) is 1. The Morgan fingerprint density at radius 2 is 1.69 bits per heavy atom. The second-order valence-electron chi connectivity index (χ2n) is 8.37. The number of hydrogen-bond acceptors (Lipinski definition) is 3. The predicted octanol–water partition coefficient (Wildman–Crippen LogP) is 4.64. The van der Waals surface area contributed by atoms with E-state index in [4.69, 9.17) is 4.74 Å². The van der Waals surface area contributed by atoms with Gasteiger partial charge in [-0.1, -0.05) is 37.3 Å². The molecule has 1 N–H and O–H groups in total. The molecule has 0 saturated carbocycles. The van der Waals surface area contributed by atoms with Crippen molar-refractivity contribution in [1.29, 1.82) is 0 Å². The Labute approximate surface area is 202 Å². The first-order chi connectivity index (χ1) is 16.7. The number of H-pyrrole nitrogens is 1. The Morgan fingerprint density at radius 1 is 0.971 bits per heavy atom. The number of amides is 2. The largest absolute Gasteiger partial charge is 0.416 e. The van der Waals surface area contributed by atoms with Crippen LogP contribution in [0.3, 0.4) is 0 Å². The van der Waals surface area contributed by atoms with Gasteiger partial charge in [-0.3, -0.25) is 9.59 Å². The van der Waals surface area contributed by atoms with Crippen molar-refractivity contribution in [2.45, 2.75) is 32.5 Å². The average Bonchev–Trinajstić information content (AvgIpc) is 3.24. The molecule has 0 aliphatic heterocycles. The molecule has 0 aliphatic rings. The monoisotopic (exact) mass is 489 g/mol. The number of ether oxygens (including phenoxy) is 1. The third-order valence-corrected chi connectivity index (χ3v) is 5.77. The molecular weight excluding hydrogens is 459 g/mol. The van der Waals surface area contributed by atoms with Crippen molar-refractivity contribution in [3.8, 4) is 0 Å². The summed E-state index contributed by atoms with van der Waals surface area (Å²) in [6, 6.07) is 12.6. The molecule has 0 atom stereocenters. The second kappa shape index (κ2) is 11.9. The zero-order valence-corrected chi connectivity index (χ0v) is 19.9. The summed E-state index contributed by atoms with van der Waals surface area (Å²) in [7, 11) is 1.42. The number of carbonyl (C=O) groups is 2. The van der Waals surface area contributed by atoms with Crippen LogP contribution < -0.4 is 0 Å². The number of rotatable bonds is 11. The van der Waals surface area contributed by atoms with E-state index in [0.29, 0.717) is 31.5 Å². The fourth-order valence-electron chi connectivity index (χ4n) is 3.95. The lowest BCUT2D eigenvalue weighted by Crippen LogP contribution is -2.44. The van der Waals surface area contributed by atoms with Crippen LogP contribution in [-0.4, -0.2) is 59.9 Å². The first kappa shape index (κ1) is 26.3. The lowest BCUT2D eigenvalue weighted by atomic mass is 10.1. The summed E-state index contributed by atoms with van der Waals surface area (Å²) in [6.07, 6.45) is -1.30. The number of methoxy groups -OCH3 is 1. The molecule has 3 aromatic rings. The van der Waals surface area contributed by atoms with E-state index in [9.17, 15) is 22.8 Å². The van der Waals surface area contributed by atoms with Gasteiger partial charge >= 0.3 is 6.18 Å². The van der Waals surface area contributed by atoms with E-state index in [0.717, 1.165) is 28.6 Å². The lowest BCUT2D eigenvalue weighted by molar-refractivity contribution is -0.143. The molecule has 9 heteroatoms. The summed E-state index contributed by atoms with van der Waals surface area (Å²) in [4.78, 5) is 31.9. The third-order valence-electron chi connectivity index (χ3n) is 5.77. The van der Waals surface area contributed by atoms with Gasteiger partial charge in [0.15, 0.2) is 0 Å². The maximum Gasteiger partial charge on any atom is 0.416 e. The van der Waals surface area contributed by atoms with Crippen LogP contribution in [0.5, 0.6) is 0 Å². The maximum absolute atomic E-state index is 13.3. The summed E-state index contributed by atoms with van der Waals surface area (Å²) in [5, 5.41) is 1.05. The third kappa shape index (κ3) is 7.08. The van der Waals surface area contributed by atoms with Crippen molar-refractivity contribution in [2.24, 2.45) is 0 Å². The molecule has 0 radical (unpaired) electrons. The Balaban J connectivity index is 1.79. The summed E-state index contributed by atoms with van der Waals surface area (Å²) in [5.74, 6) is -0.559. The molecule has 0 fully saturated rings. The van der Waals surface area contributed by atoms with Crippen LogP contribution >= 0.6 is 0 Å². The number of para-hydroxylation sites is 1. The smallest absolute Gasteiger partial charge is 0.375 e. The van der Waals surface area contributed by atoms with Crippen molar-refractivity contribution in [3.63, 3.8) is 0 Å². The van der Waals surface area contributed by atoms with E-state index in [-0.39, 0.29) is 31.5 Å². The minimum atomic E-state index is -4.42. The van der Waals surface area contributed by atoms with Gasteiger partial charge < -0.3 is 19.5 Å². The van der Waals surface area contributed by atoms with E-state index in [1.165, 1.54) is 24.1 Å². The highest BCUT2D eigenvalue weighted by molar-refractivity contribution is 5.86. The molecule has 0 aliphatic carbocycles. The van der Waals surface area contributed by atoms with Crippen LogP contribution in [0.4, 0.5) is 13.2 Å². The molecule has 2 aromatic carbocycles. The van der Waals surface area contributed by atoms with Crippen molar-refractivity contribution >= 4 is 22.7 Å². The molecule has 188 valence electrons. The van der Waals surface area contributed by atoms with Crippen LogP contribution in [0, 0.1) is 0 Å². The quantitative estimate of drug-likeness (QED) is 0.427. The SMILES string of the molecule is CCCN(CC(=O)N(CCc1c[nH]c2ccccc12)Cc1ccc(C(F)(F)F)cc1)C(=O)COC. The predicted molar refractivity (Wildman–Crippen MR) is 128 cm³/mol. The zero-order chi connectivity index (χ0) is 25.4. The summed E-state index contributed by atoms with van der Waals surface area (Å²) < 4.78 is 43.8. The summed E-state index contributed by atoms with van der Waals surface area (Å²) in [6.45, 7) is 2.56. The van der Waals surface area contributed by atoms with Crippen LogP contribution in [0.15, 0.2) is 54.7 Å². The van der Waals surface area contributed by atoms with Crippen molar-refractivity contribution in [3.05, 3.63) is 71.4 Å². The summed E-state index contributed by atoms with van der Waals surface area (Å²) in [5.41, 5.74) is 1.86. The fourth-order valence-corrected chi connectivity index (χ4v) is 3.95. The molecule has 0 saturated heterocycles. The minimum Gasteiger partial charge on any atom is -0.375 e. The van der Waals surface area contributed by atoms with Crippen LogP contribution in [0.1, 0.15) is 30.0 Å². The molecule has 6 nitrogen and oxygen atoms in total. The number of carbonyl (C=O) groups excluding carboxylic acids is 2. The van der Waals surface area contributed by atoms with Gasteiger partial charge in [0.05, 0.1) is 12.1 Å². The molecule has 1 aromatic heterocycles. The van der Waals surface area contributed by atoms with Gasteiger partial charge in [0, 0.05) is 43.8 Å². The van der Waals surface area contributed by atoms with Gasteiger partial charge in [0.25, 0.3) is 0 Å². The average molecular weight is 490 g/mol. The Bertz CT molecular complexity index is 1130. The minimum absolute atomic E-state index is 0.120. The van der Waals surface area contributed by atoms with E-state index >= 15 is 0 Å². The molecule has 35 heavy (non-hydrogen) atoms. The number of halogens is 3. The van der Waals surface area contributed by atoms with Gasteiger partial charge in [0.1, 0.15) is 6.61 Å². The van der Waals surface area contributed by atoms with Crippen molar-refractivity contribution < 1.29 is 27.5 Å². The van der Waals surface area contributed by atoms with E-state index in [1.807, 2.05) is 37.4 Å². The van der Waals surface area contributed by atoms with Crippen molar-refractivity contribution in [1.82, 2.24) is 14.8 Å². The highest BCUT2D eigenvalue weighted by atomic mass is 19.4. The van der Waals surface area contributed by atoms with Gasteiger partial charge in [-0.15, -0.1) is 0 Å². The van der Waals surface area contributed by atoms with Crippen LogP contribution in [-0.2, 0) is 33.5 Å². The Hall–Kier alpha value is -3.33. The Kier molecular flexibility index (Phi) is 8.92. The normalized spacial score (nSPS) is 11.6. The number of hydrogen-bond donors (Lipinski definition) is 1. The zero-order valence-electron chi connectivity index (χ0n) is 19.9. The van der Waals surface area contributed by atoms with Gasteiger partial charge in [-0.25, -0.2) is 0 Å². The molecule has 0 spiro atoms. The van der Waals surface area contributed by atoms with Crippen LogP contribution in [0.2, 0.25) is 0 Å². The molecule has 1 heterocycles. The van der Waals surface area contributed by atoms with Crippen LogP contribution in [0.25, 0.3) is 10.9 Å². The highest BCUT2D eigenvalue weighted by Crippen LogP contribution is 2.29. The molecule has 2 amide bonds. The van der Waals surface area contributed by atoms with E-state index in [1.54, 1.807) is 4.90 Å². The molecular formula is C26H30F3N3O3. The number of alkyl halides is 3. The standard InChI is InChI=1S/C26H30F3N3O3/c1-3-13-31(25(34)18-35-2)17-24(33)32(16-19-8-10-21(11-9-19)26(27,28)29)14-12-20-15-30-23-7-5-4-6-22(20)23/h4-11,15,30H,3,12-14,16-18H2,1-2H3. The number of fused-ring (bicyclic) bond motifs is 1. The van der Waals surface area contributed by atoms with Crippen molar-refractivity contribution in [2.75, 3.05) is 33.4 Å². The number of aromatic nitrogens is 1. The number of aromatic amines is 1. The van der Waals surface area contributed by atoms with Gasteiger partial charge in [0.2, 0.25) is 11.8 Å². The lowest BCUT2D eigenvalue weighted by Gasteiger charge is -2.28. The molecule has 3 rings (SSSR count). The fraction of sp³-hybridized carbons (Fsp3) is 0.385.